The fourth-order valence-electron chi connectivity index (χ4n) is 3.93. The van der Waals surface area contributed by atoms with Gasteiger partial charge in [0.15, 0.2) is 5.78 Å². The van der Waals surface area contributed by atoms with Crippen LogP contribution in [0.1, 0.15) is 49.2 Å². The average Bonchev–Trinajstić information content (AvgIpc) is 2.80. The molecule has 0 aliphatic rings. The maximum Gasteiger partial charge on any atom is 0.408 e. The summed E-state index contributed by atoms with van der Waals surface area (Å²) in [4.78, 5) is 30.6. The summed E-state index contributed by atoms with van der Waals surface area (Å²) >= 11 is 0. The number of nitrogens with zero attached hydrogens (tertiary/aromatic N) is 1. The first-order valence-corrected chi connectivity index (χ1v) is 11.5. The van der Waals surface area contributed by atoms with Gasteiger partial charge < -0.3 is 15.8 Å². The summed E-state index contributed by atoms with van der Waals surface area (Å²) in [7, 11) is 0. The van der Waals surface area contributed by atoms with Crippen LogP contribution in [0.2, 0.25) is 0 Å². The Morgan fingerprint density at radius 3 is 2.34 bits per heavy atom. The number of nitrogens with one attached hydrogen (secondary N) is 1. The largest absolute Gasteiger partial charge is 0.444 e. The molecule has 0 saturated carbocycles. The maximum absolute atomic E-state index is 13.5. The van der Waals surface area contributed by atoms with Crippen molar-refractivity contribution in [3.8, 4) is 0 Å². The van der Waals surface area contributed by atoms with Crippen molar-refractivity contribution in [2.24, 2.45) is 0 Å². The van der Waals surface area contributed by atoms with Gasteiger partial charge >= 0.3 is 6.09 Å². The number of ketones is 1. The van der Waals surface area contributed by atoms with Gasteiger partial charge in [0.25, 0.3) is 0 Å². The lowest BCUT2D eigenvalue weighted by molar-refractivity contribution is 0.0497. The molecule has 1 atom stereocenters. The number of para-hydroxylation sites is 1. The van der Waals surface area contributed by atoms with E-state index < -0.39 is 17.7 Å². The molecular formula is C29H29N3O3. The van der Waals surface area contributed by atoms with Crippen LogP contribution >= 0.6 is 0 Å². The zero-order chi connectivity index (χ0) is 25.2. The number of benzene rings is 3. The van der Waals surface area contributed by atoms with E-state index in [0.29, 0.717) is 16.8 Å². The molecule has 0 saturated heterocycles. The van der Waals surface area contributed by atoms with E-state index in [9.17, 15) is 9.59 Å². The first-order valence-electron chi connectivity index (χ1n) is 11.5. The topological polar surface area (TPSA) is 94.3 Å². The van der Waals surface area contributed by atoms with E-state index >= 15 is 0 Å². The van der Waals surface area contributed by atoms with Gasteiger partial charge in [0, 0.05) is 22.0 Å². The Morgan fingerprint density at radius 2 is 1.63 bits per heavy atom. The number of carbonyl (C=O) groups excluding carboxylic acids is 2. The molecule has 0 aliphatic carbocycles. The van der Waals surface area contributed by atoms with Crippen LogP contribution < -0.4 is 11.1 Å². The van der Waals surface area contributed by atoms with Crippen molar-refractivity contribution in [1.29, 1.82) is 0 Å². The Hall–Kier alpha value is -4.19. The molecule has 1 heterocycles. The molecule has 1 unspecified atom stereocenters. The van der Waals surface area contributed by atoms with Gasteiger partial charge in [0.1, 0.15) is 5.60 Å². The van der Waals surface area contributed by atoms with Crippen LogP contribution in [-0.2, 0) is 4.74 Å². The second kappa shape index (κ2) is 9.58. The minimum absolute atomic E-state index is 0.222. The number of pyridine rings is 1. The summed E-state index contributed by atoms with van der Waals surface area (Å²) in [6.07, 6.45) is 3.36. The number of ether oxygens (including phenoxy) is 1. The zero-order valence-electron chi connectivity index (χ0n) is 20.3. The predicted molar refractivity (Wildman–Crippen MR) is 142 cm³/mol. The molecule has 0 radical (unpaired) electrons. The molecule has 3 N–H and O–H groups in total. The van der Waals surface area contributed by atoms with Gasteiger partial charge in [0.05, 0.1) is 17.1 Å². The molecule has 3 aromatic carbocycles. The normalized spacial score (nSPS) is 12.7. The number of amides is 1. The Bertz CT molecular complexity index is 1430. The summed E-state index contributed by atoms with van der Waals surface area (Å²) in [5, 5.41) is 4.33. The van der Waals surface area contributed by atoms with Crippen molar-refractivity contribution >= 4 is 51.5 Å². The Kier molecular flexibility index (Phi) is 6.56. The molecular weight excluding hydrogens is 438 g/mol. The van der Waals surface area contributed by atoms with Gasteiger partial charge in [-0.1, -0.05) is 54.6 Å². The maximum atomic E-state index is 13.5. The number of alkyl carbamates (subject to hydrolysis) is 1. The van der Waals surface area contributed by atoms with Gasteiger partial charge in [-0.3, -0.25) is 4.79 Å². The Balaban J connectivity index is 1.81. The summed E-state index contributed by atoms with van der Waals surface area (Å²) in [6, 6.07) is 20.1. The summed E-state index contributed by atoms with van der Waals surface area (Å²) < 4.78 is 5.32. The standard InChI is InChI=1S/C29H29N3O3/c1-18(31-28(34)35-29(2,3)4)27(33)23-9-7-11-25-26(23)22(21-8-5-6-10-24(21)32-25)17-14-19-12-15-20(30)16-13-19/h5-18H,30H2,1-4H3,(H,31,34)/b17-14+. The highest BCUT2D eigenvalue weighted by Crippen LogP contribution is 2.31. The van der Waals surface area contributed by atoms with E-state index in [0.717, 1.165) is 27.4 Å². The highest BCUT2D eigenvalue weighted by Gasteiger charge is 2.24. The van der Waals surface area contributed by atoms with Gasteiger partial charge in [-0.15, -0.1) is 0 Å². The molecule has 0 bridgehead atoms. The SMILES string of the molecule is CC(NC(=O)OC(C)(C)C)C(=O)c1cccc2nc3ccccc3c(/C=C/c3ccc(N)cc3)c12. The fraction of sp³-hybridized carbons (Fsp3) is 0.207. The van der Waals surface area contributed by atoms with Crippen LogP contribution in [0, 0.1) is 0 Å². The molecule has 4 aromatic rings. The third-order valence-electron chi connectivity index (χ3n) is 5.52. The average molecular weight is 468 g/mol. The minimum atomic E-state index is -0.782. The molecule has 0 aliphatic heterocycles. The number of nitrogens with two attached hydrogens (primary N) is 1. The number of hydrogen-bond acceptors (Lipinski definition) is 5. The van der Waals surface area contributed by atoms with Crippen molar-refractivity contribution in [2.75, 3.05) is 5.73 Å². The van der Waals surface area contributed by atoms with Gasteiger partial charge in [0.2, 0.25) is 0 Å². The number of Topliss-reactive ketones (excluding diaryl/α,β-unsaturated/α-hetero) is 1. The quantitative estimate of drug-likeness (QED) is 0.206. The van der Waals surface area contributed by atoms with Gasteiger partial charge in [-0.25, -0.2) is 9.78 Å². The highest BCUT2D eigenvalue weighted by atomic mass is 16.6. The summed E-state index contributed by atoms with van der Waals surface area (Å²) in [5.74, 6) is -0.222. The van der Waals surface area contributed by atoms with E-state index in [1.807, 2.05) is 72.8 Å². The number of fused-ring (bicyclic) bond motifs is 2. The fourth-order valence-corrected chi connectivity index (χ4v) is 3.93. The third-order valence-corrected chi connectivity index (χ3v) is 5.52. The van der Waals surface area contributed by atoms with Crippen molar-refractivity contribution in [1.82, 2.24) is 10.3 Å². The monoisotopic (exact) mass is 467 g/mol. The first kappa shape index (κ1) is 24.0. The number of hydrogen-bond donors (Lipinski definition) is 2. The van der Waals surface area contributed by atoms with Crippen molar-refractivity contribution in [2.45, 2.75) is 39.3 Å². The number of rotatable bonds is 5. The molecule has 0 spiro atoms. The lowest BCUT2D eigenvalue weighted by atomic mass is 9.94. The molecule has 1 amide bonds. The molecule has 6 heteroatoms. The highest BCUT2D eigenvalue weighted by molar-refractivity contribution is 6.16. The third kappa shape index (κ3) is 5.49. The van der Waals surface area contributed by atoms with E-state index in [1.54, 1.807) is 33.8 Å². The van der Waals surface area contributed by atoms with Crippen LogP contribution in [0.3, 0.4) is 0 Å². The number of aromatic nitrogens is 1. The minimum Gasteiger partial charge on any atom is -0.444 e. The van der Waals surface area contributed by atoms with Gasteiger partial charge in [-0.2, -0.15) is 0 Å². The molecule has 4 rings (SSSR count). The zero-order valence-corrected chi connectivity index (χ0v) is 20.3. The lowest BCUT2D eigenvalue weighted by Gasteiger charge is -2.22. The molecule has 35 heavy (non-hydrogen) atoms. The first-order chi connectivity index (χ1) is 16.6. The second-order valence-corrected chi connectivity index (χ2v) is 9.47. The van der Waals surface area contributed by atoms with Gasteiger partial charge in [-0.05, 0) is 63.1 Å². The number of anilines is 1. The molecule has 1 aromatic heterocycles. The van der Waals surface area contributed by atoms with Crippen molar-refractivity contribution in [3.05, 3.63) is 83.4 Å². The Labute approximate surface area is 204 Å². The molecule has 178 valence electrons. The van der Waals surface area contributed by atoms with Crippen LogP contribution in [0.15, 0.2) is 66.7 Å². The predicted octanol–water partition coefficient (Wildman–Crippen LogP) is 6.24. The van der Waals surface area contributed by atoms with E-state index in [-0.39, 0.29) is 5.78 Å². The number of nitrogen functional groups attached to an aromatic ring is 1. The lowest BCUT2D eigenvalue weighted by Crippen LogP contribution is -2.41. The molecule has 0 fully saturated rings. The van der Waals surface area contributed by atoms with Crippen LogP contribution in [0.4, 0.5) is 10.5 Å². The van der Waals surface area contributed by atoms with Crippen molar-refractivity contribution < 1.29 is 14.3 Å². The summed E-state index contributed by atoms with van der Waals surface area (Å²) in [6.45, 7) is 6.99. The van der Waals surface area contributed by atoms with Crippen LogP contribution in [0.25, 0.3) is 34.0 Å². The van der Waals surface area contributed by atoms with E-state index in [1.165, 1.54) is 0 Å². The molecule has 6 nitrogen and oxygen atoms in total. The van der Waals surface area contributed by atoms with Crippen LogP contribution in [-0.4, -0.2) is 28.5 Å². The number of carbonyl (C=O) groups is 2. The van der Waals surface area contributed by atoms with E-state index in [4.69, 9.17) is 15.5 Å². The smallest absolute Gasteiger partial charge is 0.408 e. The second-order valence-electron chi connectivity index (χ2n) is 9.47. The Morgan fingerprint density at radius 1 is 0.943 bits per heavy atom. The van der Waals surface area contributed by atoms with Crippen LogP contribution in [0.5, 0.6) is 0 Å². The summed E-state index contributed by atoms with van der Waals surface area (Å²) in [5.41, 5.74) is 9.76. The van der Waals surface area contributed by atoms with E-state index in [2.05, 4.69) is 5.32 Å². The van der Waals surface area contributed by atoms with Crippen molar-refractivity contribution in [3.63, 3.8) is 0 Å².